The number of carbonyl (C=O) groups excluding carboxylic acids is 1. The predicted octanol–water partition coefficient (Wildman–Crippen LogP) is 2.73. The van der Waals surface area contributed by atoms with Crippen molar-refractivity contribution < 1.29 is 19.0 Å². The van der Waals surface area contributed by atoms with Crippen molar-refractivity contribution in [2.24, 2.45) is 0 Å². The second-order valence-electron chi connectivity index (χ2n) is 5.71. The van der Waals surface area contributed by atoms with Gasteiger partial charge in [0.1, 0.15) is 0 Å². The number of nitrogens with zero attached hydrogens (tertiary/aromatic N) is 2. The summed E-state index contributed by atoms with van der Waals surface area (Å²) in [5.41, 5.74) is 1.67. The molecule has 1 atom stereocenters. The van der Waals surface area contributed by atoms with Crippen LogP contribution < -0.4 is 14.2 Å². The molecule has 6 nitrogen and oxygen atoms in total. The summed E-state index contributed by atoms with van der Waals surface area (Å²) in [7, 11) is 4.63. The summed E-state index contributed by atoms with van der Waals surface area (Å²) in [6.07, 6.45) is 2.05. The van der Waals surface area contributed by atoms with Crippen LogP contribution in [0.25, 0.3) is 0 Å². The molecule has 1 aromatic heterocycles. The molecule has 1 amide bonds. The predicted molar refractivity (Wildman–Crippen MR) is 90.0 cm³/mol. The van der Waals surface area contributed by atoms with Crippen LogP contribution in [0.1, 0.15) is 29.0 Å². The summed E-state index contributed by atoms with van der Waals surface area (Å²) in [6.45, 7) is 3.50. The topological polar surface area (TPSA) is 52.9 Å². The average Bonchev–Trinajstić information content (AvgIpc) is 3.09. The van der Waals surface area contributed by atoms with Gasteiger partial charge in [-0.25, -0.2) is 0 Å². The summed E-state index contributed by atoms with van der Waals surface area (Å²) >= 11 is 0. The Morgan fingerprint density at radius 3 is 2.33 bits per heavy atom. The third-order valence-corrected chi connectivity index (χ3v) is 4.51. The van der Waals surface area contributed by atoms with Crippen LogP contribution in [-0.4, -0.2) is 43.2 Å². The highest BCUT2D eigenvalue weighted by Gasteiger charge is 2.29. The van der Waals surface area contributed by atoms with Crippen molar-refractivity contribution in [1.82, 2.24) is 9.47 Å². The molecule has 3 rings (SSSR count). The maximum atomic E-state index is 13.0. The van der Waals surface area contributed by atoms with Gasteiger partial charge in [0.15, 0.2) is 11.5 Å². The Morgan fingerprint density at radius 1 is 1.08 bits per heavy atom. The van der Waals surface area contributed by atoms with E-state index in [1.807, 2.05) is 24.1 Å². The van der Waals surface area contributed by atoms with E-state index >= 15 is 0 Å². The molecule has 1 aliphatic heterocycles. The lowest BCUT2D eigenvalue weighted by Gasteiger charge is -2.35. The van der Waals surface area contributed by atoms with Gasteiger partial charge in [0, 0.05) is 30.5 Å². The molecule has 0 fully saturated rings. The van der Waals surface area contributed by atoms with Gasteiger partial charge in [-0.2, -0.15) is 0 Å². The van der Waals surface area contributed by atoms with Gasteiger partial charge in [-0.3, -0.25) is 4.79 Å². The summed E-state index contributed by atoms with van der Waals surface area (Å²) in [5, 5.41) is 0. The van der Waals surface area contributed by atoms with E-state index in [2.05, 4.69) is 10.6 Å². The molecule has 2 heterocycles. The number of hydrogen-bond acceptors (Lipinski definition) is 4. The molecular weight excluding hydrogens is 308 g/mol. The molecule has 6 heteroatoms. The highest BCUT2D eigenvalue weighted by atomic mass is 16.5. The zero-order valence-electron chi connectivity index (χ0n) is 14.4. The van der Waals surface area contributed by atoms with Crippen LogP contribution in [0.5, 0.6) is 17.2 Å². The first-order valence-corrected chi connectivity index (χ1v) is 7.86. The number of aromatic nitrogens is 1. The fraction of sp³-hybridized carbons (Fsp3) is 0.389. The van der Waals surface area contributed by atoms with Crippen molar-refractivity contribution in [3.63, 3.8) is 0 Å². The summed E-state index contributed by atoms with van der Waals surface area (Å²) < 4.78 is 18.2. The van der Waals surface area contributed by atoms with Crippen LogP contribution in [-0.2, 0) is 6.54 Å². The number of methoxy groups -OCH3 is 3. The lowest BCUT2D eigenvalue weighted by molar-refractivity contribution is 0.0643. The second kappa shape index (κ2) is 6.47. The van der Waals surface area contributed by atoms with Crippen LogP contribution in [0.2, 0.25) is 0 Å². The molecule has 2 aromatic rings. The number of rotatable bonds is 4. The summed E-state index contributed by atoms with van der Waals surface area (Å²) in [6, 6.07) is 7.48. The number of benzene rings is 1. The number of hydrogen-bond donors (Lipinski definition) is 0. The first-order chi connectivity index (χ1) is 11.6. The molecule has 0 saturated carbocycles. The van der Waals surface area contributed by atoms with Crippen molar-refractivity contribution in [3.8, 4) is 17.2 Å². The summed E-state index contributed by atoms with van der Waals surface area (Å²) in [4.78, 5) is 14.9. The Kier molecular flexibility index (Phi) is 4.38. The van der Waals surface area contributed by atoms with E-state index in [1.165, 1.54) is 0 Å². The molecule has 0 aliphatic carbocycles. The Morgan fingerprint density at radius 2 is 1.75 bits per heavy atom. The van der Waals surface area contributed by atoms with Gasteiger partial charge in [-0.05, 0) is 31.2 Å². The number of ether oxygens (including phenoxy) is 3. The van der Waals surface area contributed by atoms with Crippen molar-refractivity contribution in [3.05, 3.63) is 41.7 Å². The van der Waals surface area contributed by atoms with Crippen LogP contribution in [0, 0.1) is 0 Å². The van der Waals surface area contributed by atoms with Crippen molar-refractivity contribution in [2.45, 2.75) is 19.5 Å². The largest absolute Gasteiger partial charge is 0.493 e. The van der Waals surface area contributed by atoms with Crippen LogP contribution >= 0.6 is 0 Å². The molecule has 0 spiro atoms. The van der Waals surface area contributed by atoms with E-state index in [0.717, 1.165) is 12.2 Å². The fourth-order valence-corrected chi connectivity index (χ4v) is 3.23. The zero-order valence-corrected chi connectivity index (χ0v) is 14.4. The van der Waals surface area contributed by atoms with Crippen LogP contribution in [0.3, 0.4) is 0 Å². The van der Waals surface area contributed by atoms with E-state index in [1.54, 1.807) is 33.5 Å². The highest BCUT2D eigenvalue weighted by molar-refractivity contribution is 5.96. The lowest BCUT2D eigenvalue weighted by Crippen LogP contribution is -2.40. The minimum absolute atomic E-state index is 0.0142. The number of fused-ring (bicyclic) bond motifs is 1. The van der Waals surface area contributed by atoms with E-state index in [9.17, 15) is 4.79 Å². The van der Waals surface area contributed by atoms with Gasteiger partial charge in [0.2, 0.25) is 5.75 Å². The molecule has 0 N–H and O–H groups in total. The Labute approximate surface area is 141 Å². The fourth-order valence-electron chi connectivity index (χ4n) is 3.23. The number of carbonyl (C=O) groups is 1. The van der Waals surface area contributed by atoms with Gasteiger partial charge in [0.25, 0.3) is 5.91 Å². The standard InChI is InChI=1S/C18H22N2O4/c1-12-14-6-5-7-19(14)8-9-20(12)18(21)13-10-15(22-2)17(24-4)16(11-13)23-3/h5-7,10-12H,8-9H2,1-4H3. The normalized spacial score (nSPS) is 16.5. The molecule has 1 aliphatic rings. The smallest absolute Gasteiger partial charge is 0.254 e. The van der Waals surface area contributed by atoms with E-state index in [-0.39, 0.29) is 11.9 Å². The maximum absolute atomic E-state index is 13.0. The Bertz CT molecular complexity index is 728. The molecule has 1 aromatic carbocycles. The minimum atomic E-state index is -0.0470. The molecule has 0 bridgehead atoms. The van der Waals surface area contributed by atoms with Crippen LogP contribution in [0.4, 0.5) is 0 Å². The Hall–Kier alpha value is -2.63. The Balaban J connectivity index is 1.96. The maximum Gasteiger partial charge on any atom is 0.254 e. The summed E-state index contributed by atoms with van der Waals surface area (Å²) in [5.74, 6) is 1.40. The molecule has 128 valence electrons. The van der Waals surface area contributed by atoms with Crippen LogP contribution in [0.15, 0.2) is 30.5 Å². The van der Waals surface area contributed by atoms with E-state index < -0.39 is 0 Å². The first kappa shape index (κ1) is 16.2. The first-order valence-electron chi connectivity index (χ1n) is 7.86. The van der Waals surface area contributed by atoms with Gasteiger partial charge in [0.05, 0.1) is 27.4 Å². The van der Waals surface area contributed by atoms with Gasteiger partial charge < -0.3 is 23.7 Å². The monoisotopic (exact) mass is 330 g/mol. The zero-order chi connectivity index (χ0) is 17.3. The number of amides is 1. The van der Waals surface area contributed by atoms with Crippen molar-refractivity contribution in [1.29, 1.82) is 0 Å². The molecule has 24 heavy (non-hydrogen) atoms. The van der Waals surface area contributed by atoms with Crippen molar-refractivity contribution in [2.75, 3.05) is 27.9 Å². The molecular formula is C18H22N2O4. The second-order valence-corrected chi connectivity index (χ2v) is 5.71. The lowest BCUT2D eigenvalue weighted by atomic mass is 10.1. The minimum Gasteiger partial charge on any atom is -0.493 e. The van der Waals surface area contributed by atoms with Gasteiger partial charge in [-0.15, -0.1) is 0 Å². The quantitative estimate of drug-likeness (QED) is 0.865. The molecule has 0 radical (unpaired) electrons. The SMILES string of the molecule is COc1cc(C(=O)N2CCn3cccc3C2C)cc(OC)c1OC. The third-order valence-electron chi connectivity index (χ3n) is 4.51. The third kappa shape index (κ3) is 2.58. The van der Waals surface area contributed by atoms with Crippen molar-refractivity contribution >= 4 is 5.91 Å². The van der Waals surface area contributed by atoms with E-state index in [0.29, 0.717) is 29.4 Å². The molecule has 1 unspecified atom stereocenters. The molecule has 0 saturated heterocycles. The average molecular weight is 330 g/mol. The van der Waals surface area contributed by atoms with Gasteiger partial charge in [-0.1, -0.05) is 0 Å². The van der Waals surface area contributed by atoms with Gasteiger partial charge >= 0.3 is 0 Å². The van der Waals surface area contributed by atoms with E-state index in [4.69, 9.17) is 14.2 Å². The highest BCUT2D eigenvalue weighted by Crippen LogP contribution is 2.39.